The Kier molecular flexibility index (Phi) is 5.93. The first-order valence-electron chi connectivity index (χ1n) is 14.0. The molecule has 39 heavy (non-hydrogen) atoms. The molecule has 0 aliphatic heterocycles. The summed E-state index contributed by atoms with van der Waals surface area (Å²) in [6.45, 7) is 4.98. The Hall–Kier alpha value is -4.36. The molecule has 0 fully saturated rings. The van der Waals surface area contributed by atoms with E-state index in [1.165, 1.54) is 61.1 Å². The minimum Gasteiger partial charge on any atom is -0.0781 e. The first-order chi connectivity index (χ1) is 19.2. The zero-order valence-corrected chi connectivity index (χ0v) is 22.5. The molecule has 0 radical (unpaired) electrons. The van der Waals surface area contributed by atoms with Crippen LogP contribution in [0.4, 0.5) is 0 Å². The van der Waals surface area contributed by atoms with E-state index in [1.54, 1.807) is 0 Å². The Bertz CT molecular complexity index is 1600. The van der Waals surface area contributed by atoms with Crippen molar-refractivity contribution in [3.63, 3.8) is 0 Å². The SMILES string of the molecule is CC1=Cc2c(-c3ccccc3)cccc2C1B(c1ccccc1)C1C(C)=Cc2c(-c3ccccc3)cccc21. The molecule has 2 aliphatic rings. The molecule has 0 nitrogen and oxygen atoms in total. The minimum absolute atomic E-state index is 0.304. The summed E-state index contributed by atoms with van der Waals surface area (Å²) in [6.07, 6.45) is 4.90. The third-order valence-electron chi connectivity index (χ3n) is 8.75. The van der Waals surface area contributed by atoms with Crippen molar-refractivity contribution in [2.45, 2.75) is 25.5 Å². The highest BCUT2D eigenvalue weighted by atomic mass is 14.3. The number of fused-ring (bicyclic) bond motifs is 2. The molecule has 0 amide bonds. The summed E-state index contributed by atoms with van der Waals surface area (Å²) in [6, 6.07) is 46.7. The second-order valence-corrected chi connectivity index (χ2v) is 11.0. The van der Waals surface area contributed by atoms with Gasteiger partial charge in [0.25, 0.3) is 0 Å². The van der Waals surface area contributed by atoms with E-state index in [2.05, 4.69) is 153 Å². The van der Waals surface area contributed by atoms with Gasteiger partial charge in [-0.1, -0.05) is 156 Å². The van der Waals surface area contributed by atoms with E-state index < -0.39 is 0 Å². The van der Waals surface area contributed by atoms with E-state index in [0.717, 1.165) is 0 Å². The average molecular weight is 498 g/mol. The quantitative estimate of drug-likeness (QED) is 0.212. The van der Waals surface area contributed by atoms with Crippen molar-refractivity contribution in [3.8, 4) is 22.3 Å². The minimum atomic E-state index is 0.304. The van der Waals surface area contributed by atoms with E-state index in [9.17, 15) is 0 Å². The maximum absolute atomic E-state index is 2.45. The van der Waals surface area contributed by atoms with Gasteiger partial charge in [-0.2, -0.15) is 0 Å². The second-order valence-electron chi connectivity index (χ2n) is 11.0. The third-order valence-corrected chi connectivity index (χ3v) is 8.75. The van der Waals surface area contributed by atoms with E-state index in [-0.39, 0.29) is 0 Å². The molecule has 0 bridgehead atoms. The molecule has 0 saturated carbocycles. The normalized spacial score (nSPS) is 17.3. The van der Waals surface area contributed by atoms with Gasteiger partial charge in [0.15, 0.2) is 6.71 Å². The molecule has 5 aromatic rings. The van der Waals surface area contributed by atoms with E-state index in [0.29, 0.717) is 18.3 Å². The first-order valence-corrected chi connectivity index (χ1v) is 14.0. The van der Waals surface area contributed by atoms with Crippen LogP contribution in [-0.2, 0) is 0 Å². The molecule has 0 saturated heterocycles. The van der Waals surface area contributed by atoms with Gasteiger partial charge >= 0.3 is 0 Å². The second kappa shape index (κ2) is 9.75. The number of hydrogen-bond acceptors (Lipinski definition) is 0. The topological polar surface area (TPSA) is 0 Å². The molecule has 2 aliphatic carbocycles. The summed E-state index contributed by atoms with van der Waals surface area (Å²) in [5.41, 5.74) is 15.2. The predicted molar refractivity (Wildman–Crippen MR) is 168 cm³/mol. The maximum Gasteiger partial charge on any atom is 0.199 e. The number of hydrogen-bond donors (Lipinski definition) is 0. The van der Waals surface area contributed by atoms with Crippen LogP contribution >= 0.6 is 0 Å². The first kappa shape index (κ1) is 23.7. The maximum atomic E-state index is 2.45. The van der Waals surface area contributed by atoms with Gasteiger partial charge in [0.05, 0.1) is 0 Å². The Morgan fingerprint density at radius 1 is 0.436 bits per heavy atom. The highest BCUT2D eigenvalue weighted by Crippen LogP contribution is 2.49. The third kappa shape index (κ3) is 4.01. The molecule has 7 rings (SSSR count). The molecule has 5 aromatic carbocycles. The monoisotopic (exact) mass is 498 g/mol. The van der Waals surface area contributed by atoms with Crippen LogP contribution in [0.25, 0.3) is 34.4 Å². The van der Waals surface area contributed by atoms with Crippen LogP contribution in [0.3, 0.4) is 0 Å². The lowest BCUT2D eigenvalue weighted by atomic mass is 9.27. The van der Waals surface area contributed by atoms with Gasteiger partial charge in [-0.25, -0.2) is 0 Å². The molecule has 186 valence electrons. The van der Waals surface area contributed by atoms with Gasteiger partial charge in [-0.05, 0) is 70.0 Å². The highest BCUT2D eigenvalue weighted by molar-refractivity contribution is 6.77. The van der Waals surface area contributed by atoms with Crippen molar-refractivity contribution in [2.24, 2.45) is 0 Å². The molecule has 0 spiro atoms. The standard InChI is InChI=1S/C38H31B/c1-26-24-35-31(28-14-6-3-7-15-28)20-12-22-33(35)37(26)39(30-18-10-5-11-19-30)38-27(2)25-36-32(21-13-23-34(36)38)29-16-8-4-9-17-29/h3-25,37-38H,1-2H3. The summed E-state index contributed by atoms with van der Waals surface area (Å²) in [5.74, 6) is 0.622. The lowest BCUT2D eigenvalue weighted by Crippen LogP contribution is -2.43. The smallest absolute Gasteiger partial charge is 0.0781 e. The van der Waals surface area contributed by atoms with Crippen molar-refractivity contribution >= 4 is 24.3 Å². The van der Waals surface area contributed by atoms with Crippen molar-refractivity contribution in [3.05, 3.63) is 161 Å². The molecule has 2 atom stereocenters. The lowest BCUT2D eigenvalue weighted by Gasteiger charge is -2.31. The van der Waals surface area contributed by atoms with Crippen molar-refractivity contribution < 1.29 is 0 Å². The summed E-state index contributed by atoms with van der Waals surface area (Å²) in [7, 11) is 0. The van der Waals surface area contributed by atoms with Crippen LogP contribution in [0, 0.1) is 0 Å². The molecule has 0 N–H and O–H groups in total. The zero-order valence-electron chi connectivity index (χ0n) is 22.5. The summed E-state index contributed by atoms with van der Waals surface area (Å²) in [4.78, 5) is 0. The largest absolute Gasteiger partial charge is 0.199 e. The van der Waals surface area contributed by atoms with Crippen molar-refractivity contribution in [1.29, 1.82) is 0 Å². The Labute approximate surface area is 232 Å². The highest BCUT2D eigenvalue weighted by Gasteiger charge is 2.43. The molecule has 2 unspecified atom stereocenters. The van der Waals surface area contributed by atoms with Crippen LogP contribution < -0.4 is 5.46 Å². The van der Waals surface area contributed by atoms with E-state index >= 15 is 0 Å². The predicted octanol–water partition coefficient (Wildman–Crippen LogP) is 9.20. The van der Waals surface area contributed by atoms with Gasteiger partial charge in [0.1, 0.15) is 0 Å². The number of allylic oxidation sites excluding steroid dienone is 2. The van der Waals surface area contributed by atoms with Crippen LogP contribution in [0.15, 0.2) is 139 Å². The van der Waals surface area contributed by atoms with Gasteiger partial charge in [0, 0.05) is 0 Å². The Morgan fingerprint density at radius 2 is 0.846 bits per heavy atom. The summed E-state index contributed by atoms with van der Waals surface area (Å²) < 4.78 is 0. The van der Waals surface area contributed by atoms with Gasteiger partial charge < -0.3 is 0 Å². The fraction of sp³-hybridized carbons (Fsp3) is 0.105. The van der Waals surface area contributed by atoms with Crippen LogP contribution in [0.5, 0.6) is 0 Å². The average Bonchev–Trinajstić information content (AvgIpc) is 3.50. The van der Waals surface area contributed by atoms with Crippen molar-refractivity contribution in [1.82, 2.24) is 0 Å². The van der Waals surface area contributed by atoms with Crippen LogP contribution in [-0.4, -0.2) is 6.71 Å². The summed E-state index contributed by atoms with van der Waals surface area (Å²) >= 11 is 0. The van der Waals surface area contributed by atoms with Crippen LogP contribution in [0.1, 0.15) is 47.7 Å². The van der Waals surface area contributed by atoms with Crippen LogP contribution in [0.2, 0.25) is 0 Å². The Morgan fingerprint density at radius 3 is 1.28 bits per heavy atom. The zero-order chi connectivity index (χ0) is 26.3. The van der Waals surface area contributed by atoms with Gasteiger partial charge in [-0.3, -0.25) is 0 Å². The van der Waals surface area contributed by atoms with Gasteiger partial charge in [-0.15, -0.1) is 0 Å². The van der Waals surface area contributed by atoms with E-state index in [1.807, 2.05) is 0 Å². The molecule has 1 heteroatoms. The number of benzene rings is 5. The molecule has 0 aromatic heterocycles. The van der Waals surface area contributed by atoms with Gasteiger partial charge in [0.2, 0.25) is 0 Å². The number of rotatable bonds is 5. The lowest BCUT2D eigenvalue weighted by molar-refractivity contribution is 1.02. The molecule has 0 heterocycles. The Balaban J connectivity index is 1.40. The fourth-order valence-corrected chi connectivity index (χ4v) is 7.10. The molecular weight excluding hydrogens is 467 g/mol. The molecular formula is C38H31B. The summed E-state index contributed by atoms with van der Waals surface area (Å²) in [5, 5.41) is 0. The van der Waals surface area contributed by atoms with Crippen molar-refractivity contribution in [2.75, 3.05) is 0 Å². The fourth-order valence-electron chi connectivity index (χ4n) is 7.10. The van der Waals surface area contributed by atoms with E-state index in [4.69, 9.17) is 0 Å².